The van der Waals surface area contributed by atoms with E-state index in [1.807, 2.05) is 37.3 Å². The number of aryl methyl sites for hydroxylation is 1. The Morgan fingerprint density at radius 3 is 2.76 bits per heavy atom. The maximum absolute atomic E-state index is 12.4. The summed E-state index contributed by atoms with van der Waals surface area (Å²) in [6.07, 6.45) is -0.967. The lowest BCUT2D eigenvalue weighted by Gasteiger charge is -2.12. The summed E-state index contributed by atoms with van der Waals surface area (Å²) < 4.78 is 6.31. The number of hydrogen-bond donors (Lipinski definition) is 1. The fourth-order valence-electron chi connectivity index (χ4n) is 2.34. The van der Waals surface area contributed by atoms with Gasteiger partial charge in [-0.1, -0.05) is 18.2 Å². The van der Waals surface area contributed by atoms with Gasteiger partial charge in [-0.05, 0) is 42.3 Å². The molecular weight excluding hydrogens is 356 g/mol. The summed E-state index contributed by atoms with van der Waals surface area (Å²) in [5.41, 5.74) is 1.24. The molecule has 1 aromatic carbocycles. The highest BCUT2D eigenvalue weighted by Gasteiger charge is 2.23. The number of carbonyl (C=O) groups excluding carboxylic acids is 2. The van der Waals surface area contributed by atoms with Gasteiger partial charge in [-0.3, -0.25) is 4.79 Å². The minimum absolute atomic E-state index is 0.386. The molecule has 3 aromatic rings. The van der Waals surface area contributed by atoms with Crippen LogP contribution in [0.4, 0.5) is 5.00 Å². The van der Waals surface area contributed by atoms with Crippen molar-refractivity contribution in [1.82, 2.24) is 0 Å². The molecule has 0 aliphatic heterocycles. The van der Waals surface area contributed by atoms with Crippen LogP contribution in [0.1, 0.15) is 27.7 Å². The fraction of sp³-hybridized carbons (Fsp3) is 0.167. The number of fused-ring (bicyclic) bond motifs is 1. The van der Waals surface area contributed by atoms with E-state index in [0.717, 1.165) is 15.6 Å². The van der Waals surface area contributed by atoms with E-state index in [-0.39, 0.29) is 0 Å². The van der Waals surface area contributed by atoms with Crippen LogP contribution < -0.4 is 5.32 Å². The summed E-state index contributed by atoms with van der Waals surface area (Å²) >= 11 is 2.60. The first-order chi connectivity index (χ1) is 12.0. The third-order valence-corrected chi connectivity index (χ3v) is 5.79. The summed E-state index contributed by atoms with van der Waals surface area (Å²) in [5, 5.41) is 14.8. The number of nitrogens with one attached hydrogen (secondary N) is 1. The summed E-state index contributed by atoms with van der Waals surface area (Å²) in [6, 6.07) is 11.3. The molecule has 0 saturated carbocycles. The van der Waals surface area contributed by atoms with Crippen LogP contribution in [0.3, 0.4) is 0 Å². The highest BCUT2D eigenvalue weighted by molar-refractivity contribution is 7.21. The monoisotopic (exact) mass is 370 g/mol. The van der Waals surface area contributed by atoms with Crippen LogP contribution in [-0.4, -0.2) is 18.0 Å². The van der Waals surface area contributed by atoms with E-state index >= 15 is 0 Å². The van der Waals surface area contributed by atoms with Crippen molar-refractivity contribution < 1.29 is 14.3 Å². The second-order valence-corrected chi connectivity index (χ2v) is 7.33. The number of esters is 1. The quantitative estimate of drug-likeness (QED) is 0.693. The van der Waals surface area contributed by atoms with Gasteiger partial charge in [0.25, 0.3) is 5.91 Å². The number of anilines is 1. The van der Waals surface area contributed by atoms with Crippen LogP contribution in [0.5, 0.6) is 0 Å². The third kappa shape index (κ3) is 3.40. The van der Waals surface area contributed by atoms with Gasteiger partial charge in [0.2, 0.25) is 0 Å². The molecule has 0 radical (unpaired) electrons. The molecule has 1 unspecified atom stereocenters. The lowest BCUT2D eigenvalue weighted by molar-refractivity contribution is -0.123. The molecule has 0 spiro atoms. The SMILES string of the molecule is Cc1c(C(=O)OC(C)C(=O)Nc2sccc2C#N)sc2ccccc12. The zero-order chi connectivity index (χ0) is 18.0. The predicted octanol–water partition coefficient (Wildman–Crippen LogP) is 4.33. The molecule has 3 rings (SSSR count). The second-order valence-electron chi connectivity index (χ2n) is 5.36. The number of nitriles is 1. The Labute approximate surface area is 152 Å². The first-order valence-electron chi connectivity index (χ1n) is 7.49. The van der Waals surface area contributed by atoms with Gasteiger partial charge in [-0.15, -0.1) is 22.7 Å². The Hall–Kier alpha value is -2.69. The molecule has 126 valence electrons. The Kier molecular flexibility index (Phi) is 4.83. The molecule has 1 N–H and O–H groups in total. The maximum atomic E-state index is 12.4. The minimum atomic E-state index is -0.967. The van der Waals surface area contributed by atoms with Gasteiger partial charge in [0, 0.05) is 4.70 Å². The van der Waals surface area contributed by atoms with Crippen LogP contribution in [0, 0.1) is 18.3 Å². The molecule has 1 amide bonds. The molecule has 0 aliphatic carbocycles. The van der Waals surface area contributed by atoms with E-state index in [4.69, 9.17) is 10.00 Å². The van der Waals surface area contributed by atoms with Gasteiger partial charge in [0.15, 0.2) is 6.10 Å². The zero-order valence-electron chi connectivity index (χ0n) is 13.5. The smallest absolute Gasteiger partial charge is 0.349 e. The fourth-order valence-corrected chi connectivity index (χ4v) is 4.18. The lowest BCUT2D eigenvalue weighted by Crippen LogP contribution is -2.29. The van der Waals surface area contributed by atoms with E-state index < -0.39 is 18.0 Å². The van der Waals surface area contributed by atoms with Gasteiger partial charge < -0.3 is 10.1 Å². The number of benzene rings is 1. The predicted molar refractivity (Wildman–Crippen MR) is 99.1 cm³/mol. The van der Waals surface area contributed by atoms with E-state index in [1.165, 1.54) is 29.6 Å². The van der Waals surface area contributed by atoms with Crippen molar-refractivity contribution in [1.29, 1.82) is 5.26 Å². The Balaban J connectivity index is 1.72. The Bertz CT molecular complexity index is 997. The standard InChI is InChI=1S/C18H14N2O3S2/c1-10-13-5-3-4-6-14(13)25-15(10)18(22)23-11(2)16(21)20-17-12(9-19)7-8-24-17/h3-8,11H,1-2H3,(H,20,21). The molecule has 0 fully saturated rings. The topological polar surface area (TPSA) is 79.2 Å². The highest BCUT2D eigenvalue weighted by atomic mass is 32.1. The number of nitrogens with zero attached hydrogens (tertiary/aromatic N) is 1. The molecule has 1 atom stereocenters. The third-order valence-electron chi connectivity index (χ3n) is 3.70. The van der Waals surface area contributed by atoms with Crippen LogP contribution in [0.15, 0.2) is 35.7 Å². The normalized spacial score (nSPS) is 11.7. The summed E-state index contributed by atoms with van der Waals surface area (Å²) in [6.45, 7) is 3.38. The number of thiophene rings is 2. The number of hydrogen-bond acceptors (Lipinski definition) is 6. The molecule has 0 aliphatic rings. The number of amides is 1. The average Bonchev–Trinajstić information content (AvgIpc) is 3.19. The molecule has 7 heteroatoms. The number of ether oxygens (including phenoxy) is 1. The highest BCUT2D eigenvalue weighted by Crippen LogP contribution is 2.31. The summed E-state index contributed by atoms with van der Waals surface area (Å²) in [4.78, 5) is 25.1. The first-order valence-corrected chi connectivity index (χ1v) is 9.18. The number of carbonyl (C=O) groups is 2. The molecule has 25 heavy (non-hydrogen) atoms. The molecular formula is C18H14N2O3S2. The van der Waals surface area contributed by atoms with Crippen LogP contribution in [0.25, 0.3) is 10.1 Å². The van der Waals surface area contributed by atoms with Gasteiger partial charge in [0.05, 0.1) is 5.56 Å². The van der Waals surface area contributed by atoms with E-state index in [9.17, 15) is 9.59 Å². The first kappa shape index (κ1) is 17.1. The van der Waals surface area contributed by atoms with Gasteiger partial charge in [-0.2, -0.15) is 5.26 Å². The van der Waals surface area contributed by atoms with E-state index in [0.29, 0.717) is 15.4 Å². The van der Waals surface area contributed by atoms with Crippen molar-refractivity contribution in [2.75, 3.05) is 5.32 Å². The van der Waals surface area contributed by atoms with Crippen LogP contribution >= 0.6 is 22.7 Å². The van der Waals surface area contributed by atoms with Crippen molar-refractivity contribution in [3.63, 3.8) is 0 Å². The van der Waals surface area contributed by atoms with Gasteiger partial charge in [0.1, 0.15) is 15.9 Å². The Morgan fingerprint density at radius 2 is 2.04 bits per heavy atom. The van der Waals surface area contributed by atoms with E-state index in [1.54, 1.807) is 11.4 Å². The van der Waals surface area contributed by atoms with Gasteiger partial charge in [-0.25, -0.2) is 4.79 Å². The number of rotatable bonds is 4. The zero-order valence-corrected chi connectivity index (χ0v) is 15.2. The van der Waals surface area contributed by atoms with Gasteiger partial charge >= 0.3 is 5.97 Å². The van der Waals surface area contributed by atoms with E-state index in [2.05, 4.69) is 5.32 Å². The maximum Gasteiger partial charge on any atom is 0.349 e. The molecule has 2 aromatic heterocycles. The average molecular weight is 370 g/mol. The summed E-state index contributed by atoms with van der Waals surface area (Å²) in [7, 11) is 0. The van der Waals surface area contributed by atoms with Crippen LogP contribution in [-0.2, 0) is 9.53 Å². The van der Waals surface area contributed by atoms with Crippen molar-refractivity contribution in [3.8, 4) is 6.07 Å². The minimum Gasteiger partial charge on any atom is -0.448 e. The van der Waals surface area contributed by atoms with Crippen molar-refractivity contribution in [3.05, 3.63) is 51.7 Å². The lowest BCUT2D eigenvalue weighted by atomic mass is 10.1. The Morgan fingerprint density at radius 1 is 1.28 bits per heavy atom. The summed E-state index contributed by atoms with van der Waals surface area (Å²) in [5.74, 6) is -0.987. The van der Waals surface area contributed by atoms with Crippen molar-refractivity contribution >= 4 is 49.6 Å². The largest absolute Gasteiger partial charge is 0.448 e. The van der Waals surface area contributed by atoms with Crippen molar-refractivity contribution in [2.24, 2.45) is 0 Å². The molecule has 2 heterocycles. The molecule has 0 saturated heterocycles. The second kappa shape index (κ2) is 7.05. The molecule has 0 bridgehead atoms. The van der Waals surface area contributed by atoms with Crippen molar-refractivity contribution in [2.45, 2.75) is 20.0 Å². The van der Waals surface area contributed by atoms with Crippen LogP contribution in [0.2, 0.25) is 0 Å². The molecule has 5 nitrogen and oxygen atoms in total.